The van der Waals surface area contributed by atoms with Gasteiger partial charge in [-0.1, -0.05) is 0 Å². The summed E-state index contributed by atoms with van der Waals surface area (Å²) in [5.41, 5.74) is 3.59. The quantitative estimate of drug-likeness (QED) is 0.776. The number of aromatic nitrogens is 4. The number of aryl methyl sites for hydroxylation is 2. The van der Waals surface area contributed by atoms with Crippen LogP contribution in [-0.4, -0.2) is 32.6 Å². The molecule has 1 aliphatic heterocycles. The fourth-order valence-electron chi connectivity index (χ4n) is 3.32. The Morgan fingerprint density at radius 1 is 1.08 bits per heavy atom. The minimum atomic E-state index is 0.570. The first-order chi connectivity index (χ1) is 11.7. The van der Waals surface area contributed by atoms with Crippen LogP contribution in [0.3, 0.4) is 0 Å². The van der Waals surface area contributed by atoms with E-state index in [0.29, 0.717) is 11.9 Å². The molecule has 0 radical (unpaired) electrons. The number of hydrogen-bond donors (Lipinski definition) is 2. The van der Waals surface area contributed by atoms with Crippen LogP contribution < -0.4 is 10.6 Å². The third-order valence-electron chi connectivity index (χ3n) is 4.89. The molecule has 0 atom stereocenters. The van der Waals surface area contributed by atoms with Crippen LogP contribution in [0, 0.1) is 6.92 Å². The van der Waals surface area contributed by atoms with Gasteiger partial charge in [0, 0.05) is 42.8 Å². The maximum atomic E-state index is 4.47. The molecule has 24 heavy (non-hydrogen) atoms. The van der Waals surface area contributed by atoms with E-state index in [1.807, 2.05) is 24.7 Å². The Balaban J connectivity index is 1.53. The third kappa shape index (κ3) is 2.85. The third-order valence-corrected chi connectivity index (χ3v) is 4.89. The SMILES string of the molecule is Cc1cc2cnc(Nc3ncc(C4CCNCC4)cn3)cc2n1C. The van der Waals surface area contributed by atoms with Gasteiger partial charge in [0.2, 0.25) is 5.95 Å². The van der Waals surface area contributed by atoms with E-state index in [1.165, 1.54) is 11.3 Å². The average Bonchev–Trinajstić information content (AvgIpc) is 2.91. The minimum absolute atomic E-state index is 0.570. The molecule has 3 aromatic heterocycles. The number of anilines is 2. The second-order valence-electron chi connectivity index (χ2n) is 6.46. The summed E-state index contributed by atoms with van der Waals surface area (Å²) in [7, 11) is 2.06. The maximum Gasteiger partial charge on any atom is 0.228 e. The van der Waals surface area contributed by atoms with Crippen LogP contribution >= 0.6 is 0 Å². The van der Waals surface area contributed by atoms with Gasteiger partial charge in [0.05, 0.1) is 5.52 Å². The van der Waals surface area contributed by atoms with E-state index in [1.54, 1.807) is 0 Å². The second kappa shape index (κ2) is 6.20. The Kier molecular flexibility index (Phi) is 3.90. The zero-order valence-corrected chi connectivity index (χ0v) is 14.1. The van der Waals surface area contributed by atoms with Crippen molar-refractivity contribution in [2.45, 2.75) is 25.7 Å². The van der Waals surface area contributed by atoms with Crippen LogP contribution in [0.2, 0.25) is 0 Å². The van der Waals surface area contributed by atoms with E-state index in [2.05, 4.69) is 50.2 Å². The molecule has 0 unspecified atom stereocenters. The lowest BCUT2D eigenvalue weighted by Gasteiger charge is -2.22. The van der Waals surface area contributed by atoms with E-state index >= 15 is 0 Å². The molecule has 4 heterocycles. The van der Waals surface area contributed by atoms with Crippen molar-refractivity contribution in [2.75, 3.05) is 18.4 Å². The second-order valence-corrected chi connectivity index (χ2v) is 6.46. The molecule has 3 aromatic rings. The van der Waals surface area contributed by atoms with Crippen molar-refractivity contribution in [1.82, 2.24) is 24.8 Å². The van der Waals surface area contributed by atoms with Gasteiger partial charge < -0.3 is 15.2 Å². The monoisotopic (exact) mass is 322 g/mol. The van der Waals surface area contributed by atoms with Crippen LogP contribution in [-0.2, 0) is 7.05 Å². The molecule has 0 bridgehead atoms. The van der Waals surface area contributed by atoms with Gasteiger partial charge in [-0.05, 0) is 50.4 Å². The van der Waals surface area contributed by atoms with Crippen molar-refractivity contribution in [2.24, 2.45) is 7.05 Å². The summed E-state index contributed by atoms with van der Waals surface area (Å²) in [6.07, 6.45) is 8.07. The number of pyridine rings is 1. The van der Waals surface area contributed by atoms with Crippen molar-refractivity contribution in [3.8, 4) is 0 Å². The molecular formula is C18H22N6. The Hall–Kier alpha value is -2.47. The normalized spacial score (nSPS) is 15.8. The fraction of sp³-hybridized carbons (Fsp3) is 0.389. The highest BCUT2D eigenvalue weighted by molar-refractivity contribution is 5.83. The molecule has 1 aliphatic rings. The van der Waals surface area contributed by atoms with Gasteiger partial charge in [0.1, 0.15) is 5.82 Å². The van der Waals surface area contributed by atoms with Crippen molar-refractivity contribution in [1.29, 1.82) is 0 Å². The number of nitrogens with one attached hydrogen (secondary N) is 2. The van der Waals surface area contributed by atoms with Gasteiger partial charge in [0.15, 0.2) is 0 Å². The predicted octanol–water partition coefficient (Wildman–Crippen LogP) is 2.88. The van der Waals surface area contributed by atoms with Gasteiger partial charge in [-0.25, -0.2) is 15.0 Å². The number of rotatable bonds is 3. The molecule has 0 amide bonds. The summed E-state index contributed by atoms with van der Waals surface area (Å²) in [4.78, 5) is 13.4. The molecule has 0 aliphatic carbocycles. The highest BCUT2D eigenvalue weighted by Gasteiger charge is 2.16. The molecule has 4 rings (SSSR count). The van der Waals surface area contributed by atoms with Crippen molar-refractivity contribution in [3.05, 3.63) is 42.0 Å². The molecule has 124 valence electrons. The van der Waals surface area contributed by atoms with Gasteiger partial charge in [-0.15, -0.1) is 0 Å². The molecule has 1 fully saturated rings. The fourth-order valence-corrected chi connectivity index (χ4v) is 3.32. The minimum Gasteiger partial charge on any atom is -0.348 e. The van der Waals surface area contributed by atoms with Crippen LogP contribution in [0.25, 0.3) is 10.9 Å². The number of fused-ring (bicyclic) bond motifs is 1. The van der Waals surface area contributed by atoms with Crippen molar-refractivity contribution < 1.29 is 0 Å². The van der Waals surface area contributed by atoms with Gasteiger partial charge >= 0.3 is 0 Å². The smallest absolute Gasteiger partial charge is 0.228 e. The van der Waals surface area contributed by atoms with E-state index in [-0.39, 0.29) is 0 Å². The highest BCUT2D eigenvalue weighted by Crippen LogP contribution is 2.25. The topological polar surface area (TPSA) is 67.7 Å². The molecule has 0 aromatic carbocycles. The summed E-state index contributed by atoms with van der Waals surface area (Å²) >= 11 is 0. The summed E-state index contributed by atoms with van der Waals surface area (Å²) in [5, 5.41) is 7.73. The first kappa shape index (κ1) is 15.1. The summed E-state index contributed by atoms with van der Waals surface area (Å²) in [6, 6.07) is 4.17. The zero-order chi connectivity index (χ0) is 16.5. The van der Waals surface area contributed by atoms with Crippen molar-refractivity contribution in [3.63, 3.8) is 0 Å². The van der Waals surface area contributed by atoms with Crippen LogP contribution in [0.4, 0.5) is 11.8 Å². The van der Waals surface area contributed by atoms with E-state index in [4.69, 9.17) is 0 Å². The molecule has 6 nitrogen and oxygen atoms in total. The lowest BCUT2D eigenvalue weighted by Crippen LogP contribution is -2.26. The zero-order valence-electron chi connectivity index (χ0n) is 14.1. The van der Waals surface area contributed by atoms with E-state index < -0.39 is 0 Å². The van der Waals surface area contributed by atoms with E-state index in [9.17, 15) is 0 Å². The van der Waals surface area contributed by atoms with Crippen molar-refractivity contribution >= 4 is 22.7 Å². The van der Waals surface area contributed by atoms with Crippen LogP contribution in [0.15, 0.2) is 30.7 Å². The van der Waals surface area contributed by atoms with E-state index in [0.717, 1.165) is 42.7 Å². The molecule has 0 saturated carbocycles. The number of nitrogens with zero attached hydrogens (tertiary/aromatic N) is 4. The summed E-state index contributed by atoms with van der Waals surface area (Å²) in [6.45, 7) is 4.24. The number of hydrogen-bond acceptors (Lipinski definition) is 5. The maximum absolute atomic E-state index is 4.47. The Morgan fingerprint density at radius 2 is 1.83 bits per heavy atom. The van der Waals surface area contributed by atoms with Gasteiger partial charge in [0.25, 0.3) is 0 Å². The highest BCUT2D eigenvalue weighted by atomic mass is 15.1. The largest absolute Gasteiger partial charge is 0.348 e. The van der Waals surface area contributed by atoms with Crippen LogP contribution in [0.1, 0.15) is 30.0 Å². The lowest BCUT2D eigenvalue weighted by molar-refractivity contribution is 0.459. The Bertz CT molecular complexity index is 846. The average molecular weight is 322 g/mol. The Morgan fingerprint density at radius 3 is 2.58 bits per heavy atom. The first-order valence-electron chi connectivity index (χ1n) is 8.42. The summed E-state index contributed by atoms with van der Waals surface area (Å²) in [5.74, 6) is 1.92. The Labute approximate surface area is 141 Å². The molecule has 0 spiro atoms. The molecule has 6 heteroatoms. The first-order valence-corrected chi connectivity index (χ1v) is 8.42. The molecular weight excluding hydrogens is 300 g/mol. The lowest BCUT2D eigenvalue weighted by atomic mass is 9.92. The molecule has 2 N–H and O–H groups in total. The molecule has 1 saturated heterocycles. The summed E-state index contributed by atoms with van der Waals surface area (Å²) < 4.78 is 2.16. The standard InChI is InChI=1S/C18H22N6/c1-12-7-14-9-20-17(8-16(14)24(12)2)23-18-21-10-15(11-22-18)13-3-5-19-6-4-13/h7-11,13,19H,3-6H2,1-2H3,(H,20,21,22,23). The van der Waals surface area contributed by atoms with Gasteiger partial charge in [-0.3, -0.25) is 0 Å². The van der Waals surface area contributed by atoms with Gasteiger partial charge in [-0.2, -0.15) is 0 Å². The predicted molar refractivity (Wildman–Crippen MR) is 95.6 cm³/mol. The van der Waals surface area contributed by atoms with Crippen LogP contribution in [0.5, 0.6) is 0 Å². The number of piperidine rings is 1.